The van der Waals surface area contributed by atoms with Gasteiger partial charge in [0.2, 0.25) is 0 Å². The predicted molar refractivity (Wildman–Crippen MR) is 152 cm³/mol. The van der Waals surface area contributed by atoms with Crippen LogP contribution in [0.3, 0.4) is 0 Å². The number of carbonyl (C=O) groups excluding carboxylic acids is 2. The Morgan fingerprint density at radius 2 is 1.95 bits per heavy atom. The van der Waals surface area contributed by atoms with Crippen LogP contribution in [0.15, 0.2) is 47.8 Å². The van der Waals surface area contributed by atoms with Crippen LogP contribution in [0.2, 0.25) is 5.02 Å². The summed E-state index contributed by atoms with van der Waals surface area (Å²) in [6.07, 6.45) is 2.22. The molecule has 38 heavy (non-hydrogen) atoms. The molecule has 3 aromatic rings. The molecule has 1 aromatic heterocycles. The van der Waals surface area contributed by atoms with Crippen molar-refractivity contribution in [3.8, 4) is 11.1 Å². The molecule has 1 aliphatic rings. The summed E-state index contributed by atoms with van der Waals surface area (Å²) in [5, 5.41) is 9.72. The minimum atomic E-state index is -0.466. The van der Waals surface area contributed by atoms with Gasteiger partial charge in [-0.05, 0) is 67.4 Å². The maximum Gasteiger partial charge on any atom is 0.328 e. The smallest absolute Gasteiger partial charge is 0.328 e. The summed E-state index contributed by atoms with van der Waals surface area (Å²) >= 11 is 13.0. The molecule has 2 heterocycles. The maximum absolute atomic E-state index is 14.0. The van der Waals surface area contributed by atoms with E-state index >= 15 is 0 Å². The van der Waals surface area contributed by atoms with Crippen molar-refractivity contribution < 1.29 is 18.7 Å². The fourth-order valence-corrected chi connectivity index (χ4v) is 5.72. The number of amides is 1. The van der Waals surface area contributed by atoms with Gasteiger partial charge in [-0.2, -0.15) is 0 Å². The number of hydrogen-bond acceptors (Lipinski definition) is 6. The van der Waals surface area contributed by atoms with E-state index in [2.05, 4.69) is 15.6 Å². The average molecular weight is 575 g/mol. The van der Waals surface area contributed by atoms with Crippen LogP contribution in [0, 0.1) is 5.82 Å². The highest BCUT2D eigenvalue weighted by molar-refractivity contribution is 7.80. The first-order valence-corrected chi connectivity index (χ1v) is 13.9. The molecule has 1 atom stereocenters. The minimum Gasteiger partial charge on any atom is -0.467 e. The maximum atomic E-state index is 14.0. The lowest BCUT2D eigenvalue weighted by Gasteiger charge is -2.34. The van der Waals surface area contributed by atoms with Crippen LogP contribution < -0.4 is 10.6 Å². The first-order chi connectivity index (χ1) is 18.3. The second kappa shape index (κ2) is 12.6. The van der Waals surface area contributed by atoms with Gasteiger partial charge in [-0.25, -0.2) is 14.2 Å². The Morgan fingerprint density at radius 3 is 2.61 bits per heavy atom. The van der Waals surface area contributed by atoms with Crippen molar-refractivity contribution in [2.24, 2.45) is 0 Å². The quantitative estimate of drug-likeness (QED) is 0.270. The lowest BCUT2D eigenvalue weighted by atomic mass is 9.98. The van der Waals surface area contributed by atoms with Crippen molar-refractivity contribution in [3.63, 3.8) is 0 Å². The zero-order chi connectivity index (χ0) is 27.2. The Labute approximate surface area is 235 Å². The molecule has 0 saturated carbocycles. The number of methoxy groups -OCH3 is 1. The molecule has 0 radical (unpaired) electrons. The summed E-state index contributed by atoms with van der Waals surface area (Å²) in [5.74, 6) is -0.885. The molecule has 7 nitrogen and oxygen atoms in total. The number of ether oxygens (including phenoxy) is 1. The van der Waals surface area contributed by atoms with E-state index in [1.54, 1.807) is 35.7 Å². The number of thiocarbonyl (C=S) groups is 1. The highest BCUT2D eigenvalue weighted by Gasteiger charge is 2.27. The number of carbonyl (C=O) groups is 2. The highest BCUT2D eigenvalue weighted by Crippen LogP contribution is 2.32. The Hall–Kier alpha value is -3.08. The zero-order valence-electron chi connectivity index (χ0n) is 21.0. The second-order valence-corrected chi connectivity index (χ2v) is 10.6. The molecular formula is C27H28ClFN4O3S2. The van der Waals surface area contributed by atoms with E-state index < -0.39 is 11.9 Å². The number of benzene rings is 2. The van der Waals surface area contributed by atoms with Gasteiger partial charge < -0.3 is 20.3 Å². The summed E-state index contributed by atoms with van der Waals surface area (Å²) in [4.78, 5) is 31.6. The number of nitrogens with one attached hydrogen (secondary N) is 2. The summed E-state index contributed by atoms with van der Waals surface area (Å²) in [6, 6.07) is 10.8. The summed E-state index contributed by atoms with van der Waals surface area (Å²) in [7, 11) is 1.36. The first-order valence-electron chi connectivity index (χ1n) is 12.2. The van der Waals surface area contributed by atoms with Crippen molar-refractivity contribution in [1.82, 2.24) is 15.2 Å². The molecule has 0 spiro atoms. The largest absolute Gasteiger partial charge is 0.467 e. The van der Waals surface area contributed by atoms with Gasteiger partial charge in [0.15, 0.2) is 5.11 Å². The normalized spacial score (nSPS) is 14.6. The third-order valence-corrected chi connectivity index (χ3v) is 8.10. The molecule has 1 saturated heterocycles. The molecule has 200 valence electrons. The van der Waals surface area contributed by atoms with E-state index in [4.69, 9.17) is 28.6 Å². The van der Waals surface area contributed by atoms with Gasteiger partial charge in [0, 0.05) is 40.7 Å². The van der Waals surface area contributed by atoms with Gasteiger partial charge in [-0.15, -0.1) is 11.3 Å². The number of halogens is 2. The van der Waals surface area contributed by atoms with Crippen LogP contribution in [0.1, 0.15) is 47.6 Å². The number of thiazole rings is 1. The van der Waals surface area contributed by atoms with Gasteiger partial charge >= 0.3 is 5.97 Å². The Morgan fingerprint density at radius 1 is 1.24 bits per heavy atom. The number of hydrogen-bond donors (Lipinski definition) is 2. The molecule has 2 N–H and O–H groups in total. The number of anilines is 1. The summed E-state index contributed by atoms with van der Waals surface area (Å²) < 4.78 is 18.8. The molecule has 2 aromatic carbocycles. The van der Waals surface area contributed by atoms with Gasteiger partial charge in [0.05, 0.1) is 12.1 Å². The van der Waals surface area contributed by atoms with Crippen LogP contribution in [-0.4, -0.2) is 53.1 Å². The monoisotopic (exact) mass is 574 g/mol. The third kappa shape index (κ3) is 6.67. The van der Waals surface area contributed by atoms with E-state index in [1.165, 1.54) is 30.6 Å². The van der Waals surface area contributed by atoms with Gasteiger partial charge in [-0.3, -0.25) is 4.79 Å². The molecule has 1 amide bonds. The number of nitrogens with zero attached hydrogens (tertiary/aromatic N) is 2. The lowest BCUT2D eigenvalue weighted by molar-refractivity contribution is -0.142. The highest BCUT2D eigenvalue weighted by atomic mass is 35.5. The number of likely N-dealkylation sites (tertiary alicyclic amines) is 1. The first kappa shape index (κ1) is 27.9. The second-order valence-electron chi connectivity index (χ2n) is 8.92. The van der Waals surface area contributed by atoms with Crippen molar-refractivity contribution in [3.05, 3.63) is 69.4 Å². The van der Waals surface area contributed by atoms with E-state index in [0.29, 0.717) is 33.5 Å². The number of esters is 1. The van der Waals surface area contributed by atoms with E-state index in [-0.39, 0.29) is 17.8 Å². The molecule has 11 heteroatoms. The van der Waals surface area contributed by atoms with Crippen LogP contribution in [0.5, 0.6) is 0 Å². The average Bonchev–Trinajstić information content (AvgIpc) is 3.43. The topological polar surface area (TPSA) is 83.6 Å². The molecule has 0 bridgehead atoms. The molecule has 1 aliphatic heterocycles. The molecular weight excluding hydrogens is 547 g/mol. The summed E-state index contributed by atoms with van der Waals surface area (Å²) in [5.41, 5.74) is 2.10. The minimum absolute atomic E-state index is 0.207. The Bertz CT molecular complexity index is 1310. The van der Waals surface area contributed by atoms with Crippen molar-refractivity contribution >= 4 is 57.8 Å². The van der Waals surface area contributed by atoms with Crippen LogP contribution in [-0.2, 0) is 9.53 Å². The molecule has 1 unspecified atom stereocenters. The van der Waals surface area contributed by atoms with Crippen molar-refractivity contribution in [1.29, 1.82) is 0 Å². The molecule has 1 fully saturated rings. The van der Waals surface area contributed by atoms with Gasteiger partial charge in [-0.1, -0.05) is 30.7 Å². The molecule has 0 aliphatic carbocycles. The van der Waals surface area contributed by atoms with Crippen LogP contribution >= 0.6 is 35.2 Å². The zero-order valence-corrected chi connectivity index (χ0v) is 23.4. The lowest BCUT2D eigenvalue weighted by Crippen LogP contribution is -2.49. The van der Waals surface area contributed by atoms with E-state index in [9.17, 15) is 14.0 Å². The van der Waals surface area contributed by atoms with Crippen LogP contribution in [0.25, 0.3) is 11.1 Å². The fraction of sp³-hybridized carbons (Fsp3) is 0.333. The third-order valence-electron chi connectivity index (χ3n) is 6.46. The van der Waals surface area contributed by atoms with E-state index in [1.807, 2.05) is 11.8 Å². The number of aromatic nitrogens is 1. The number of piperidine rings is 1. The van der Waals surface area contributed by atoms with Gasteiger partial charge in [0.25, 0.3) is 5.91 Å². The van der Waals surface area contributed by atoms with E-state index in [0.717, 1.165) is 36.5 Å². The predicted octanol–water partition coefficient (Wildman–Crippen LogP) is 5.86. The van der Waals surface area contributed by atoms with Crippen LogP contribution in [0.4, 0.5) is 10.1 Å². The summed E-state index contributed by atoms with van der Waals surface area (Å²) in [6.45, 7) is 3.33. The van der Waals surface area contributed by atoms with Crippen molar-refractivity contribution in [2.75, 3.05) is 25.5 Å². The fourth-order valence-electron chi connectivity index (χ4n) is 4.30. The standard InChI is InChI=1S/C27H28ClFN4O3S2/c1-3-21(26(35)36-2)32-27(37)33-12-10-17(11-13-33)25-31-23(15-38-25)24(34)30-22-9-8-19(29)14-20(22)16-4-6-18(28)7-5-16/h4-9,14-15,17,21H,3,10-13H2,1-2H3,(H,30,34)(H,32,37). The Balaban J connectivity index is 1.38. The SMILES string of the molecule is CCC(NC(=S)N1CCC(c2nc(C(=O)Nc3ccc(F)cc3-c3ccc(Cl)cc3)cs2)CC1)C(=O)OC. The van der Waals surface area contributed by atoms with Crippen molar-refractivity contribution in [2.45, 2.75) is 38.1 Å². The van der Waals surface area contributed by atoms with Gasteiger partial charge in [0.1, 0.15) is 17.6 Å². The number of rotatable bonds is 7. The molecule has 4 rings (SSSR count). The Kier molecular flexibility index (Phi) is 9.30.